The van der Waals surface area contributed by atoms with Crippen LogP contribution in [0.25, 0.3) is 28.0 Å². The lowest BCUT2D eigenvalue weighted by Crippen LogP contribution is -2.38. The van der Waals surface area contributed by atoms with E-state index >= 15 is 0 Å². The molecule has 6 rings (SSSR count). The Balaban J connectivity index is 1.50. The number of carbonyl (C=O) groups is 1. The Morgan fingerprint density at radius 2 is 1.80 bits per heavy atom. The molecular formula is C35H41ClN6O4. The van der Waals surface area contributed by atoms with Crippen LogP contribution in [0.3, 0.4) is 0 Å². The fourth-order valence-electron chi connectivity index (χ4n) is 6.73. The van der Waals surface area contributed by atoms with Crippen LogP contribution in [0.2, 0.25) is 5.02 Å². The highest BCUT2D eigenvalue weighted by atomic mass is 35.5. The number of ether oxygens (including phenoxy) is 2. The molecule has 2 fully saturated rings. The van der Waals surface area contributed by atoms with Gasteiger partial charge >= 0.3 is 11.8 Å². The van der Waals surface area contributed by atoms with Gasteiger partial charge in [0.05, 0.1) is 34.6 Å². The predicted octanol–water partition coefficient (Wildman–Crippen LogP) is 6.77. The number of para-hydroxylation sites is 1. The molecule has 1 amide bonds. The predicted molar refractivity (Wildman–Crippen MR) is 180 cm³/mol. The maximum atomic E-state index is 14.2. The zero-order valence-corrected chi connectivity index (χ0v) is 28.3. The standard InChI is InChI=1S/C35H41ClN6O4/c1-21(2)27-29(22(3)12-15-37-27)42-31-24(18-25(36)28(38-31)23-10-8-9-11-26(23)45-7)30(39-32(42)43)40-16-13-35(19-40)14-17-41(20-35)33(44)46-34(4,5)6/h8-12,15,18,21H,13-14,16-17,19-20H2,1-7H3. The molecule has 242 valence electrons. The van der Waals surface area contributed by atoms with Gasteiger partial charge in [-0.2, -0.15) is 4.98 Å². The minimum atomic E-state index is -0.557. The number of hydrogen-bond donors (Lipinski definition) is 0. The Hall–Kier alpha value is -4.18. The largest absolute Gasteiger partial charge is 0.496 e. The quantitative estimate of drug-likeness (QED) is 0.234. The molecule has 2 aliphatic heterocycles. The zero-order chi connectivity index (χ0) is 33.0. The van der Waals surface area contributed by atoms with Crippen LogP contribution in [0.4, 0.5) is 10.6 Å². The van der Waals surface area contributed by atoms with Gasteiger partial charge in [0.15, 0.2) is 5.65 Å². The van der Waals surface area contributed by atoms with Crippen LogP contribution in [0.1, 0.15) is 64.6 Å². The molecule has 5 heterocycles. The van der Waals surface area contributed by atoms with Crippen molar-refractivity contribution >= 4 is 34.5 Å². The molecule has 1 spiro atoms. The molecule has 11 heteroatoms. The third-order valence-corrected chi connectivity index (χ3v) is 9.20. The van der Waals surface area contributed by atoms with E-state index < -0.39 is 11.3 Å². The number of aryl methyl sites for hydroxylation is 1. The van der Waals surface area contributed by atoms with Gasteiger partial charge in [-0.25, -0.2) is 19.1 Å². The number of anilines is 1. The number of fused-ring (bicyclic) bond motifs is 1. The van der Waals surface area contributed by atoms with E-state index in [1.807, 2.05) is 64.1 Å². The van der Waals surface area contributed by atoms with Crippen molar-refractivity contribution in [3.05, 3.63) is 69.4 Å². The molecule has 0 saturated carbocycles. The van der Waals surface area contributed by atoms with Crippen LogP contribution in [0.5, 0.6) is 5.75 Å². The van der Waals surface area contributed by atoms with Crippen molar-refractivity contribution in [1.29, 1.82) is 0 Å². The molecule has 0 radical (unpaired) electrons. The minimum absolute atomic E-state index is 0.0474. The number of nitrogens with zero attached hydrogens (tertiary/aromatic N) is 6. The lowest BCUT2D eigenvalue weighted by Gasteiger charge is -2.27. The maximum absolute atomic E-state index is 14.2. The van der Waals surface area contributed by atoms with Crippen molar-refractivity contribution in [3.8, 4) is 22.7 Å². The monoisotopic (exact) mass is 644 g/mol. The second-order valence-corrected chi connectivity index (χ2v) is 14.2. The molecule has 0 N–H and O–H groups in total. The van der Waals surface area contributed by atoms with Gasteiger partial charge in [0.25, 0.3) is 0 Å². The molecule has 2 aliphatic rings. The SMILES string of the molecule is COc1ccccc1-c1nc2c(cc1Cl)c(N1CCC3(CCN(C(=O)OC(C)(C)C)C3)C1)nc(=O)n2-c1c(C)ccnc1C(C)C. The lowest BCUT2D eigenvalue weighted by molar-refractivity contribution is 0.0276. The van der Waals surface area contributed by atoms with Crippen molar-refractivity contribution < 1.29 is 14.3 Å². The van der Waals surface area contributed by atoms with E-state index in [9.17, 15) is 9.59 Å². The Kier molecular flexibility index (Phi) is 8.21. The van der Waals surface area contributed by atoms with Crippen LogP contribution in [-0.4, -0.2) is 69.4 Å². The maximum Gasteiger partial charge on any atom is 0.410 e. The van der Waals surface area contributed by atoms with Crippen LogP contribution in [0, 0.1) is 12.3 Å². The van der Waals surface area contributed by atoms with E-state index in [0.717, 1.165) is 29.7 Å². The fourth-order valence-corrected chi connectivity index (χ4v) is 6.98. The molecular weight excluding hydrogens is 604 g/mol. The number of rotatable bonds is 5. The van der Waals surface area contributed by atoms with Crippen molar-refractivity contribution in [2.75, 3.05) is 38.2 Å². The Labute approximate surface area is 274 Å². The Morgan fingerprint density at radius 1 is 1.07 bits per heavy atom. The number of methoxy groups -OCH3 is 1. The second kappa shape index (κ2) is 11.9. The molecule has 1 aromatic carbocycles. The number of pyridine rings is 2. The van der Waals surface area contributed by atoms with Crippen LogP contribution in [0.15, 0.2) is 47.4 Å². The first-order valence-electron chi connectivity index (χ1n) is 15.8. The van der Waals surface area contributed by atoms with E-state index in [-0.39, 0.29) is 17.4 Å². The topological polar surface area (TPSA) is 103 Å². The molecule has 2 saturated heterocycles. The smallest absolute Gasteiger partial charge is 0.410 e. The molecule has 1 unspecified atom stereocenters. The summed E-state index contributed by atoms with van der Waals surface area (Å²) in [6.07, 6.45) is 3.18. The minimum Gasteiger partial charge on any atom is -0.496 e. The third-order valence-electron chi connectivity index (χ3n) is 8.92. The number of hydrogen-bond acceptors (Lipinski definition) is 8. The van der Waals surface area contributed by atoms with E-state index in [1.54, 1.807) is 22.8 Å². The molecule has 4 aromatic rings. The van der Waals surface area contributed by atoms with Crippen LogP contribution in [-0.2, 0) is 4.74 Å². The molecule has 10 nitrogen and oxygen atoms in total. The number of amides is 1. The number of benzene rings is 1. The number of likely N-dealkylation sites (tertiary alicyclic amines) is 1. The average molecular weight is 645 g/mol. The van der Waals surface area contributed by atoms with Gasteiger partial charge in [0, 0.05) is 43.4 Å². The first-order chi connectivity index (χ1) is 21.8. The van der Waals surface area contributed by atoms with E-state index in [1.165, 1.54) is 0 Å². The van der Waals surface area contributed by atoms with Gasteiger partial charge in [-0.1, -0.05) is 37.6 Å². The summed E-state index contributed by atoms with van der Waals surface area (Å²) in [6, 6.07) is 11.3. The summed E-state index contributed by atoms with van der Waals surface area (Å²) in [5.74, 6) is 1.21. The van der Waals surface area contributed by atoms with Gasteiger partial charge in [0.2, 0.25) is 0 Å². The summed E-state index contributed by atoms with van der Waals surface area (Å²) in [5, 5.41) is 1.09. The summed E-state index contributed by atoms with van der Waals surface area (Å²) in [7, 11) is 1.61. The number of aromatic nitrogens is 4. The normalized spacial score (nSPS) is 18.3. The number of carbonyl (C=O) groups excluding carboxylic acids is 1. The first kappa shape index (κ1) is 31.8. The van der Waals surface area contributed by atoms with Gasteiger partial charge < -0.3 is 19.3 Å². The Bertz CT molecular complexity index is 1880. The summed E-state index contributed by atoms with van der Waals surface area (Å²) in [5.41, 5.74) is 2.89. The highest BCUT2D eigenvalue weighted by Crippen LogP contribution is 2.43. The third kappa shape index (κ3) is 5.79. The Morgan fingerprint density at radius 3 is 2.52 bits per heavy atom. The van der Waals surface area contributed by atoms with E-state index in [2.05, 4.69) is 23.7 Å². The van der Waals surface area contributed by atoms with E-state index in [0.29, 0.717) is 65.2 Å². The summed E-state index contributed by atoms with van der Waals surface area (Å²) < 4.78 is 12.9. The summed E-state index contributed by atoms with van der Waals surface area (Å²) in [6.45, 7) is 14.3. The van der Waals surface area contributed by atoms with Gasteiger partial charge in [-0.3, -0.25) is 4.98 Å². The second-order valence-electron chi connectivity index (χ2n) is 13.8. The fraction of sp³-hybridized carbons (Fsp3) is 0.457. The van der Waals surface area contributed by atoms with Crippen molar-refractivity contribution in [2.45, 2.75) is 65.9 Å². The molecule has 1 atom stereocenters. The van der Waals surface area contributed by atoms with Gasteiger partial charge in [-0.05, 0) is 76.3 Å². The summed E-state index contributed by atoms with van der Waals surface area (Å²) in [4.78, 5) is 45.5. The van der Waals surface area contributed by atoms with Crippen molar-refractivity contribution in [2.24, 2.45) is 5.41 Å². The molecule has 0 aliphatic carbocycles. The lowest BCUT2D eigenvalue weighted by atomic mass is 9.86. The first-order valence-corrected chi connectivity index (χ1v) is 16.1. The van der Waals surface area contributed by atoms with Gasteiger partial charge in [-0.15, -0.1) is 0 Å². The zero-order valence-electron chi connectivity index (χ0n) is 27.6. The van der Waals surface area contributed by atoms with Crippen LogP contribution < -0.4 is 15.3 Å². The van der Waals surface area contributed by atoms with Crippen molar-refractivity contribution in [1.82, 2.24) is 24.4 Å². The molecule has 46 heavy (non-hydrogen) atoms. The highest BCUT2D eigenvalue weighted by molar-refractivity contribution is 6.34. The van der Waals surface area contributed by atoms with Crippen LogP contribution >= 0.6 is 11.6 Å². The summed E-state index contributed by atoms with van der Waals surface area (Å²) >= 11 is 7.00. The molecule has 3 aromatic heterocycles. The highest BCUT2D eigenvalue weighted by Gasteiger charge is 2.46. The molecule has 0 bridgehead atoms. The average Bonchev–Trinajstić information content (AvgIpc) is 3.62. The van der Waals surface area contributed by atoms with E-state index in [4.69, 9.17) is 31.0 Å². The van der Waals surface area contributed by atoms with Crippen molar-refractivity contribution in [3.63, 3.8) is 0 Å². The van der Waals surface area contributed by atoms with Gasteiger partial charge in [0.1, 0.15) is 17.2 Å². The number of halogens is 1.